The molecule has 1 unspecified atom stereocenters. The normalized spacial score (nSPS) is 35.5. The van der Waals surface area contributed by atoms with E-state index in [1.807, 2.05) is 0 Å². The molecule has 1 aliphatic carbocycles. The van der Waals surface area contributed by atoms with Gasteiger partial charge in [0.05, 0.1) is 0 Å². The maximum absolute atomic E-state index is 2.44. The molecule has 0 aromatic carbocycles. The lowest BCUT2D eigenvalue weighted by atomic mass is 9.51. The average Bonchev–Trinajstić information content (AvgIpc) is 1.85. The van der Waals surface area contributed by atoms with Crippen molar-refractivity contribution in [2.45, 2.75) is 47.5 Å². The third kappa shape index (κ3) is 1.32. The van der Waals surface area contributed by atoms with Crippen LogP contribution in [0.5, 0.6) is 0 Å². The van der Waals surface area contributed by atoms with Crippen LogP contribution in [0.3, 0.4) is 0 Å². The highest BCUT2D eigenvalue weighted by atomic mass is 14.5. The molecule has 0 radical (unpaired) electrons. The molecular weight excluding hydrogens is 132 g/mol. The molecule has 0 spiro atoms. The lowest BCUT2D eigenvalue weighted by Crippen LogP contribution is -2.46. The largest absolute Gasteiger partial charge is 0.0651 e. The Kier molecular flexibility index (Phi) is 2.32. The molecule has 0 bridgehead atoms. The summed E-state index contributed by atoms with van der Waals surface area (Å²) in [5, 5.41) is 0. The lowest BCUT2D eigenvalue weighted by Gasteiger charge is -2.54. The van der Waals surface area contributed by atoms with Crippen LogP contribution < -0.4 is 0 Å². The Morgan fingerprint density at radius 2 is 1.91 bits per heavy atom. The number of hydrogen-bond acceptors (Lipinski definition) is 0. The first-order valence-electron chi connectivity index (χ1n) is 5.00. The van der Waals surface area contributed by atoms with E-state index in [0.29, 0.717) is 5.41 Å². The van der Waals surface area contributed by atoms with E-state index in [0.717, 1.165) is 17.8 Å². The predicted octanol–water partition coefficient (Wildman–Crippen LogP) is 3.71. The summed E-state index contributed by atoms with van der Waals surface area (Å²) in [4.78, 5) is 0. The minimum absolute atomic E-state index is 0.628. The van der Waals surface area contributed by atoms with E-state index in [4.69, 9.17) is 0 Å². The molecule has 1 saturated carbocycles. The van der Waals surface area contributed by atoms with Crippen molar-refractivity contribution < 1.29 is 0 Å². The maximum atomic E-state index is 2.44. The summed E-state index contributed by atoms with van der Waals surface area (Å²) in [5.41, 5.74) is 0.628. The first-order valence-corrected chi connectivity index (χ1v) is 5.00. The fourth-order valence-corrected chi connectivity index (χ4v) is 2.88. The fourth-order valence-electron chi connectivity index (χ4n) is 2.88. The molecule has 0 N–H and O–H groups in total. The summed E-state index contributed by atoms with van der Waals surface area (Å²) in [5.74, 6) is 2.86. The monoisotopic (exact) mass is 154 g/mol. The quantitative estimate of drug-likeness (QED) is 0.568. The fraction of sp³-hybridized carbons (Fsp3) is 1.00. The molecule has 11 heavy (non-hydrogen) atoms. The van der Waals surface area contributed by atoms with E-state index in [9.17, 15) is 0 Å². The van der Waals surface area contributed by atoms with Crippen LogP contribution in [-0.2, 0) is 0 Å². The van der Waals surface area contributed by atoms with E-state index in [-0.39, 0.29) is 0 Å². The van der Waals surface area contributed by atoms with E-state index >= 15 is 0 Å². The van der Waals surface area contributed by atoms with Crippen LogP contribution in [0.15, 0.2) is 0 Å². The minimum atomic E-state index is 0.628. The van der Waals surface area contributed by atoms with Gasteiger partial charge < -0.3 is 0 Å². The molecule has 0 aliphatic heterocycles. The van der Waals surface area contributed by atoms with E-state index < -0.39 is 0 Å². The van der Waals surface area contributed by atoms with E-state index in [2.05, 4.69) is 34.6 Å². The van der Waals surface area contributed by atoms with Crippen molar-refractivity contribution in [3.8, 4) is 0 Å². The number of rotatable bonds is 2. The van der Waals surface area contributed by atoms with Gasteiger partial charge in [0.1, 0.15) is 0 Å². The maximum Gasteiger partial charge on any atom is -0.0295 e. The second-order valence-corrected chi connectivity index (χ2v) is 5.01. The Labute approximate surface area is 71.4 Å². The Bertz CT molecular complexity index is 133. The van der Waals surface area contributed by atoms with Gasteiger partial charge in [-0.05, 0) is 29.6 Å². The van der Waals surface area contributed by atoms with Crippen LogP contribution >= 0.6 is 0 Å². The van der Waals surface area contributed by atoms with Crippen molar-refractivity contribution in [2.24, 2.45) is 23.2 Å². The summed E-state index contributed by atoms with van der Waals surface area (Å²) >= 11 is 0. The number of hydrogen-bond donors (Lipinski definition) is 0. The highest BCUT2D eigenvalue weighted by Gasteiger charge is 2.47. The zero-order valence-electron chi connectivity index (χ0n) is 8.65. The van der Waals surface area contributed by atoms with Gasteiger partial charge in [0.15, 0.2) is 0 Å². The predicted molar refractivity (Wildman–Crippen MR) is 50.5 cm³/mol. The van der Waals surface area contributed by atoms with Gasteiger partial charge in [-0.25, -0.2) is 0 Å². The molecule has 1 fully saturated rings. The third-order valence-electron chi connectivity index (χ3n) is 3.84. The summed E-state index contributed by atoms with van der Waals surface area (Å²) in [7, 11) is 0. The summed E-state index contributed by atoms with van der Waals surface area (Å²) in [6.07, 6.45) is 2.84. The lowest BCUT2D eigenvalue weighted by molar-refractivity contribution is -0.0503. The Morgan fingerprint density at radius 3 is 2.18 bits per heavy atom. The van der Waals surface area contributed by atoms with Crippen LogP contribution in [0.4, 0.5) is 0 Å². The molecule has 0 saturated heterocycles. The van der Waals surface area contributed by atoms with E-state index in [1.165, 1.54) is 12.8 Å². The topological polar surface area (TPSA) is 0 Å². The first kappa shape index (κ1) is 9.09. The molecule has 0 heterocycles. The molecule has 0 amide bonds. The highest BCUT2D eigenvalue weighted by molar-refractivity contribution is 4.96. The van der Waals surface area contributed by atoms with Gasteiger partial charge in [-0.1, -0.05) is 41.0 Å². The molecule has 1 rings (SSSR count). The Balaban J connectivity index is 2.54. The molecule has 2 atom stereocenters. The first-order chi connectivity index (χ1) is 5.00. The Morgan fingerprint density at radius 1 is 1.36 bits per heavy atom. The molecule has 0 nitrogen and oxygen atoms in total. The smallest absolute Gasteiger partial charge is 0.0295 e. The van der Waals surface area contributed by atoms with E-state index in [1.54, 1.807) is 0 Å². The third-order valence-corrected chi connectivity index (χ3v) is 3.84. The molecule has 1 aliphatic rings. The van der Waals surface area contributed by atoms with Crippen molar-refractivity contribution in [3.63, 3.8) is 0 Å². The van der Waals surface area contributed by atoms with Crippen molar-refractivity contribution >= 4 is 0 Å². The zero-order chi connectivity index (χ0) is 8.65. The van der Waals surface area contributed by atoms with Crippen LogP contribution in [0, 0.1) is 23.2 Å². The summed E-state index contributed by atoms with van der Waals surface area (Å²) in [6.45, 7) is 11.9. The standard InChI is InChI=1S/C11H22/c1-6-9-7-10(8(2)3)11(9,4)5/h8-10H,6-7H2,1-5H3/t9-,10?/m0/s1. The molecule has 66 valence electrons. The summed E-state index contributed by atoms with van der Waals surface area (Å²) < 4.78 is 0. The van der Waals surface area contributed by atoms with Gasteiger partial charge in [0.25, 0.3) is 0 Å². The Hall–Kier alpha value is 0. The van der Waals surface area contributed by atoms with Gasteiger partial charge in [-0.3, -0.25) is 0 Å². The van der Waals surface area contributed by atoms with Crippen LogP contribution in [0.25, 0.3) is 0 Å². The van der Waals surface area contributed by atoms with Gasteiger partial charge in [0.2, 0.25) is 0 Å². The highest BCUT2D eigenvalue weighted by Crippen LogP contribution is 2.55. The van der Waals surface area contributed by atoms with Crippen LogP contribution in [-0.4, -0.2) is 0 Å². The van der Waals surface area contributed by atoms with Crippen molar-refractivity contribution in [1.82, 2.24) is 0 Å². The van der Waals surface area contributed by atoms with Crippen LogP contribution in [0.1, 0.15) is 47.5 Å². The van der Waals surface area contributed by atoms with Crippen molar-refractivity contribution in [3.05, 3.63) is 0 Å². The molecule has 0 heteroatoms. The average molecular weight is 154 g/mol. The zero-order valence-corrected chi connectivity index (χ0v) is 8.65. The molecular formula is C11H22. The summed E-state index contributed by atoms with van der Waals surface area (Å²) in [6, 6.07) is 0. The van der Waals surface area contributed by atoms with Gasteiger partial charge in [-0.15, -0.1) is 0 Å². The van der Waals surface area contributed by atoms with Gasteiger partial charge in [0, 0.05) is 0 Å². The SMILES string of the molecule is CC[C@H]1CC(C(C)C)C1(C)C. The van der Waals surface area contributed by atoms with Crippen molar-refractivity contribution in [2.75, 3.05) is 0 Å². The minimum Gasteiger partial charge on any atom is -0.0651 e. The molecule has 0 aromatic rings. The second-order valence-electron chi connectivity index (χ2n) is 5.01. The van der Waals surface area contributed by atoms with Gasteiger partial charge in [-0.2, -0.15) is 0 Å². The molecule has 0 aromatic heterocycles. The van der Waals surface area contributed by atoms with Crippen molar-refractivity contribution in [1.29, 1.82) is 0 Å². The second kappa shape index (κ2) is 2.80. The van der Waals surface area contributed by atoms with Crippen LogP contribution in [0.2, 0.25) is 0 Å². The van der Waals surface area contributed by atoms with Gasteiger partial charge >= 0.3 is 0 Å².